The van der Waals surface area contributed by atoms with E-state index in [4.69, 9.17) is 32.3 Å². The van der Waals surface area contributed by atoms with Gasteiger partial charge in [-0.25, -0.2) is 9.13 Å². The van der Waals surface area contributed by atoms with E-state index in [9.17, 15) is 43.5 Å². The fourth-order valence-corrected chi connectivity index (χ4v) is 10.6. The van der Waals surface area contributed by atoms with E-state index >= 15 is 0 Å². The number of hydrogen-bond donors (Lipinski definition) is 4. The SMILES string of the molecule is CC/C=C\C/C=C\C/C=C\C/C=C\CCCCCCC(=O)OC(COC(=O)CCCCCCC/C=C\C/C=C\C/C=C\C/C=C\CCCCC)COP(=O)(O)OCC(O)COP(=O)(O)OCC(O)COC(=O)CCCCCCC/C=C\C/C=C\C/C=C\C/C=C\CCCCC. The zero-order chi connectivity index (χ0) is 69.5. The maximum Gasteiger partial charge on any atom is 0.472 e. The molecule has 0 amide bonds. The molecular formula is C77H128O16P2. The lowest BCUT2D eigenvalue weighted by atomic mass is 10.1. The van der Waals surface area contributed by atoms with Gasteiger partial charge >= 0.3 is 33.6 Å². The molecule has 0 rings (SSSR count). The highest BCUT2D eigenvalue weighted by atomic mass is 31.2. The molecule has 0 aliphatic rings. The molecule has 0 spiro atoms. The molecule has 18 heteroatoms. The van der Waals surface area contributed by atoms with Gasteiger partial charge in [0.15, 0.2) is 6.10 Å². The summed E-state index contributed by atoms with van der Waals surface area (Å²) >= 11 is 0. The van der Waals surface area contributed by atoms with Crippen LogP contribution >= 0.6 is 15.6 Å². The minimum Gasteiger partial charge on any atom is -0.463 e. The summed E-state index contributed by atoms with van der Waals surface area (Å²) in [5.41, 5.74) is 0. The van der Waals surface area contributed by atoms with E-state index < -0.39 is 91.5 Å². The Kier molecular flexibility index (Phi) is 66.0. The van der Waals surface area contributed by atoms with Crippen LogP contribution < -0.4 is 0 Å². The van der Waals surface area contributed by atoms with Crippen molar-refractivity contribution in [3.05, 3.63) is 146 Å². The molecule has 0 fully saturated rings. The third kappa shape index (κ3) is 70.6. The molecule has 0 saturated heterocycles. The highest BCUT2D eigenvalue weighted by molar-refractivity contribution is 7.47. The number of hydrogen-bond acceptors (Lipinski definition) is 14. The lowest BCUT2D eigenvalue weighted by molar-refractivity contribution is -0.161. The molecule has 95 heavy (non-hydrogen) atoms. The van der Waals surface area contributed by atoms with Crippen LogP contribution in [0.2, 0.25) is 0 Å². The maximum absolute atomic E-state index is 13.0. The van der Waals surface area contributed by atoms with Crippen LogP contribution in [0.25, 0.3) is 0 Å². The summed E-state index contributed by atoms with van der Waals surface area (Å²) in [6, 6.07) is 0. The monoisotopic (exact) mass is 1370 g/mol. The average molecular weight is 1370 g/mol. The van der Waals surface area contributed by atoms with Crippen LogP contribution in [0, 0.1) is 0 Å². The van der Waals surface area contributed by atoms with Crippen molar-refractivity contribution in [1.82, 2.24) is 0 Å². The standard InChI is InChI=1S/C77H128O16P2/c1-4-7-10-13-16-19-22-25-28-31-33-35-37-40-42-45-48-51-54-57-60-63-75(80)87-66-72(78)67-89-94(83,84)90-68-73(79)69-91-95(85,86)92-71-74(93-77(82)65-62-59-56-53-50-47-44-39-30-27-24-21-18-15-12-9-6-3)70-88-76(81)64-61-58-55-52-49-46-43-41-38-36-34-32-29-26-23-20-17-14-11-8-5-2/h9,12,16-21,25-30,33-36,40-44,47,72-74,78-79H,4-8,10-11,13-15,22-24,31-32,37-39,45-46,48-71H2,1-3H3,(H,83,84)(H,85,86)/b12-9-,19-16-,20-17-,21-18-,28-25-,29-26-,30-27-,35-33-,36-34-,42-40-,43-41-,47-44-. The zero-order valence-electron chi connectivity index (χ0n) is 58.8. The number of esters is 3. The third-order valence-corrected chi connectivity index (χ3v) is 16.4. The Morgan fingerprint density at radius 2 is 0.558 bits per heavy atom. The summed E-state index contributed by atoms with van der Waals surface area (Å²) in [6.07, 6.45) is 83.1. The molecule has 5 unspecified atom stereocenters. The van der Waals surface area contributed by atoms with Crippen LogP contribution in [0.4, 0.5) is 0 Å². The number of ether oxygens (including phenoxy) is 3. The summed E-state index contributed by atoms with van der Waals surface area (Å²) in [6.45, 7) is 2.41. The largest absolute Gasteiger partial charge is 0.472 e. The van der Waals surface area contributed by atoms with Crippen molar-refractivity contribution in [1.29, 1.82) is 0 Å². The quantitative estimate of drug-likeness (QED) is 0.0146. The van der Waals surface area contributed by atoms with Crippen LogP contribution in [-0.4, -0.2) is 95.9 Å². The van der Waals surface area contributed by atoms with Crippen molar-refractivity contribution < 1.29 is 75.8 Å². The van der Waals surface area contributed by atoms with Gasteiger partial charge in [0.2, 0.25) is 0 Å². The van der Waals surface area contributed by atoms with Gasteiger partial charge in [-0.15, -0.1) is 0 Å². The number of aliphatic hydroxyl groups excluding tert-OH is 2. The van der Waals surface area contributed by atoms with Crippen molar-refractivity contribution >= 4 is 33.6 Å². The van der Waals surface area contributed by atoms with Gasteiger partial charge in [0.25, 0.3) is 0 Å². The molecule has 4 N–H and O–H groups in total. The Bertz CT molecular complexity index is 2310. The van der Waals surface area contributed by atoms with Crippen LogP contribution in [0.5, 0.6) is 0 Å². The molecule has 0 aromatic carbocycles. The second-order valence-electron chi connectivity index (χ2n) is 23.6. The number of unbranched alkanes of at least 4 members (excludes halogenated alkanes) is 20. The highest BCUT2D eigenvalue weighted by Gasteiger charge is 2.29. The van der Waals surface area contributed by atoms with Gasteiger partial charge in [-0.1, -0.05) is 244 Å². The topological polar surface area (TPSA) is 231 Å². The minimum absolute atomic E-state index is 0.0663. The third-order valence-electron chi connectivity index (χ3n) is 14.5. The van der Waals surface area contributed by atoms with Crippen LogP contribution in [0.3, 0.4) is 0 Å². The molecule has 0 saturated carbocycles. The van der Waals surface area contributed by atoms with Crippen molar-refractivity contribution in [2.24, 2.45) is 0 Å². The number of phosphoric acid groups is 2. The van der Waals surface area contributed by atoms with E-state index in [1.165, 1.54) is 51.4 Å². The summed E-state index contributed by atoms with van der Waals surface area (Å²) in [7, 11) is -9.81. The molecule has 0 aromatic heterocycles. The van der Waals surface area contributed by atoms with E-state index in [-0.39, 0.29) is 19.3 Å². The van der Waals surface area contributed by atoms with Gasteiger partial charge in [-0.2, -0.15) is 0 Å². The molecule has 0 bridgehead atoms. The van der Waals surface area contributed by atoms with Gasteiger partial charge in [-0.05, 0) is 148 Å². The molecule has 542 valence electrons. The molecule has 0 aliphatic heterocycles. The summed E-state index contributed by atoms with van der Waals surface area (Å²) in [5.74, 6) is -1.65. The zero-order valence-corrected chi connectivity index (χ0v) is 60.6. The smallest absolute Gasteiger partial charge is 0.463 e. The lowest BCUT2D eigenvalue weighted by Crippen LogP contribution is -2.30. The van der Waals surface area contributed by atoms with Gasteiger partial charge in [0.05, 0.1) is 26.4 Å². The number of rotatable bonds is 67. The normalized spacial score (nSPS) is 15.0. The van der Waals surface area contributed by atoms with Crippen molar-refractivity contribution in [3.8, 4) is 0 Å². The molecule has 5 atom stereocenters. The fourth-order valence-electron chi connectivity index (χ4n) is 9.00. The van der Waals surface area contributed by atoms with Crippen LogP contribution in [0.1, 0.15) is 265 Å². The lowest BCUT2D eigenvalue weighted by Gasteiger charge is -2.21. The van der Waals surface area contributed by atoms with E-state index in [0.29, 0.717) is 19.3 Å². The number of carbonyl (C=O) groups is 3. The Labute approximate surface area is 575 Å². The first-order valence-corrected chi connectivity index (χ1v) is 39.1. The van der Waals surface area contributed by atoms with Crippen LogP contribution in [0.15, 0.2) is 146 Å². The second kappa shape index (κ2) is 69.3. The van der Waals surface area contributed by atoms with Gasteiger partial charge in [-0.3, -0.25) is 32.5 Å². The predicted molar refractivity (Wildman–Crippen MR) is 389 cm³/mol. The Morgan fingerprint density at radius 1 is 0.305 bits per heavy atom. The molecule has 16 nitrogen and oxygen atoms in total. The Hall–Kier alpha value is -4.57. The second-order valence-corrected chi connectivity index (χ2v) is 26.6. The van der Waals surface area contributed by atoms with E-state index in [1.54, 1.807) is 0 Å². The predicted octanol–water partition coefficient (Wildman–Crippen LogP) is 20.5. The van der Waals surface area contributed by atoms with Gasteiger partial charge < -0.3 is 34.2 Å². The molecular weight excluding hydrogens is 1240 g/mol. The first kappa shape index (κ1) is 90.4. The molecule has 0 aliphatic carbocycles. The molecule has 0 aromatic rings. The number of carbonyl (C=O) groups excluding carboxylic acids is 3. The number of phosphoric ester groups is 2. The Morgan fingerprint density at radius 3 is 0.884 bits per heavy atom. The molecule has 0 heterocycles. The van der Waals surface area contributed by atoms with Crippen molar-refractivity contribution in [2.45, 2.75) is 283 Å². The van der Waals surface area contributed by atoms with Crippen molar-refractivity contribution in [3.63, 3.8) is 0 Å². The summed E-state index contributed by atoms with van der Waals surface area (Å²) < 4.78 is 61.0. The highest BCUT2D eigenvalue weighted by Crippen LogP contribution is 2.45. The summed E-state index contributed by atoms with van der Waals surface area (Å²) in [4.78, 5) is 58.5. The van der Waals surface area contributed by atoms with E-state index in [1.807, 2.05) is 0 Å². The van der Waals surface area contributed by atoms with E-state index in [2.05, 4.69) is 167 Å². The van der Waals surface area contributed by atoms with Gasteiger partial charge in [0, 0.05) is 19.3 Å². The maximum atomic E-state index is 13.0. The van der Waals surface area contributed by atoms with E-state index in [0.717, 1.165) is 154 Å². The first-order chi connectivity index (χ1) is 46.2. The Balaban J connectivity index is 4.76. The van der Waals surface area contributed by atoms with Crippen molar-refractivity contribution in [2.75, 3.05) is 39.6 Å². The van der Waals surface area contributed by atoms with Crippen LogP contribution in [-0.2, 0) is 55.8 Å². The number of allylic oxidation sites excluding steroid dienone is 24. The average Bonchev–Trinajstić information content (AvgIpc) is 1.93. The first-order valence-electron chi connectivity index (χ1n) is 36.1. The minimum atomic E-state index is -4.95. The molecule has 0 radical (unpaired) electrons. The van der Waals surface area contributed by atoms with Gasteiger partial charge in [0.1, 0.15) is 25.4 Å². The fraction of sp³-hybridized carbons (Fsp3) is 0.649. The number of aliphatic hydroxyl groups is 2. The summed E-state index contributed by atoms with van der Waals surface area (Å²) in [5, 5.41) is 20.6.